The zero-order valence-electron chi connectivity index (χ0n) is 15.8. The monoisotopic (exact) mass is 351 g/mol. The Labute approximate surface area is 152 Å². The Balaban J connectivity index is 1.91. The largest absolute Gasteiger partial charge is 0.339 e. The Kier molecular flexibility index (Phi) is 3.90. The maximum Gasteiger partial charge on any atom is 0.270 e. The fraction of sp³-hybridized carbons (Fsp3) is 0.429. The fourth-order valence-corrected chi connectivity index (χ4v) is 4.54. The third-order valence-corrected chi connectivity index (χ3v) is 5.66. The number of benzene rings is 1. The Morgan fingerprint density at radius 1 is 1.00 bits per heavy atom. The summed E-state index contributed by atoms with van der Waals surface area (Å²) >= 11 is 0. The van der Waals surface area contributed by atoms with Crippen molar-refractivity contribution in [2.45, 2.75) is 20.3 Å². The van der Waals surface area contributed by atoms with Crippen LogP contribution in [0, 0.1) is 11.8 Å². The van der Waals surface area contributed by atoms with Crippen LogP contribution in [0.4, 0.5) is 0 Å². The Bertz CT molecular complexity index is 1070. The Morgan fingerprint density at radius 3 is 2.35 bits per heavy atom. The Morgan fingerprint density at radius 2 is 1.65 bits per heavy atom. The number of rotatable bonds is 1. The molecule has 0 aliphatic carbocycles. The zero-order valence-corrected chi connectivity index (χ0v) is 15.8. The maximum absolute atomic E-state index is 13.2. The number of carbonyl (C=O) groups is 1. The molecular formula is C21H25N3O2. The highest BCUT2D eigenvalue weighted by molar-refractivity contribution is 6.08. The van der Waals surface area contributed by atoms with E-state index in [9.17, 15) is 9.59 Å². The number of para-hydroxylation sites is 1. The molecule has 0 N–H and O–H groups in total. The molecule has 1 aromatic carbocycles. The number of fused-ring (bicyclic) bond motifs is 3. The van der Waals surface area contributed by atoms with E-state index in [2.05, 4.69) is 13.8 Å². The molecule has 5 heteroatoms. The molecule has 1 saturated heterocycles. The molecule has 26 heavy (non-hydrogen) atoms. The minimum atomic E-state index is -0.0614. The van der Waals surface area contributed by atoms with Crippen LogP contribution < -0.4 is 5.56 Å². The molecule has 1 amide bonds. The summed E-state index contributed by atoms with van der Waals surface area (Å²) in [6.07, 6.45) is 1.16. The predicted molar refractivity (Wildman–Crippen MR) is 105 cm³/mol. The summed E-state index contributed by atoms with van der Waals surface area (Å²) in [4.78, 5) is 28.0. The molecule has 136 valence electrons. The Hall–Kier alpha value is -2.56. The number of likely N-dealkylation sites (tertiary alicyclic amines) is 1. The summed E-state index contributed by atoms with van der Waals surface area (Å²) in [7, 11) is 3.67. The highest BCUT2D eigenvalue weighted by Crippen LogP contribution is 2.27. The first-order valence-corrected chi connectivity index (χ1v) is 9.25. The van der Waals surface area contributed by atoms with Crippen LogP contribution in [0.3, 0.4) is 0 Å². The van der Waals surface area contributed by atoms with E-state index in [1.807, 2.05) is 40.8 Å². The number of pyridine rings is 1. The lowest BCUT2D eigenvalue weighted by Gasteiger charge is -2.35. The van der Waals surface area contributed by atoms with Crippen LogP contribution >= 0.6 is 0 Å². The second kappa shape index (κ2) is 6.01. The minimum absolute atomic E-state index is 0.0215. The second-order valence-electron chi connectivity index (χ2n) is 7.89. The number of hydrogen-bond donors (Lipinski definition) is 0. The molecule has 3 heterocycles. The number of amides is 1. The molecule has 5 nitrogen and oxygen atoms in total. The molecule has 0 bridgehead atoms. The number of aromatic nitrogens is 2. The van der Waals surface area contributed by atoms with Gasteiger partial charge in [0.25, 0.3) is 11.5 Å². The van der Waals surface area contributed by atoms with Gasteiger partial charge in [0.05, 0.1) is 16.4 Å². The van der Waals surface area contributed by atoms with Crippen LogP contribution in [0.25, 0.3) is 21.8 Å². The number of nitrogens with zero attached hydrogens (tertiary/aromatic N) is 3. The van der Waals surface area contributed by atoms with Crippen molar-refractivity contribution in [2.24, 2.45) is 25.9 Å². The van der Waals surface area contributed by atoms with Gasteiger partial charge in [-0.25, -0.2) is 0 Å². The van der Waals surface area contributed by atoms with Gasteiger partial charge in [0.1, 0.15) is 5.69 Å². The van der Waals surface area contributed by atoms with Gasteiger partial charge >= 0.3 is 0 Å². The quantitative estimate of drug-likeness (QED) is 0.676. The maximum atomic E-state index is 13.2. The average molecular weight is 351 g/mol. The van der Waals surface area contributed by atoms with Crippen molar-refractivity contribution in [3.8, 4) is 0 Å². The van der Waals surface area contributed by atoms with Crippen molar-refractivity contribution in [1.29, 1.82) is 0 Å². The van der Waals surface area contributed by atoms with E-state index >= 15 is 0 Å². The molecule has 1 fully saturated rings. The van der Waals surface area contributed by atoms with Gasteiger partial charge in [0, 0.05) is 32.6 Å². The average Bonchev–Trinajstić information content (AvgIpc) is 2.96. The number of piperidine rings is 1. The van der Waals surface area contributed by atoms with Gasteiger partial charge in [-0.1, -0.05) is 32.0 Å². The van der Waals surface area contributed by atoms with E-state index in [0.29, 0.717) is 22.9 Å². The first-order chi connectivity index (χ1) is 12.4. The third kappa shape index (κ3) is 2.45. The lowest BCUT2D eigenvalue weighted by Crippen LogP contribution is -2.43. The van der Waals surface area contributed by atoms with E-state index in [1.54, 1.807) is 17.7 Å². The minimum Gasteiger partial charge on any atom is -0.339 e. The predicted octanol–water partition coefficient (Wildman–Crippen LogP) is 3.15. The van der Waals surface area contributed by atoms with Gasteiger partial charge in [-0.15, -0.1) is 0 Å². The molecule has 0 saturated carbocycles. The second-order valence-corrected chi connectivity index (χ2v) is 7.89. The van der Waals surface area contributed by atoms with E-state index in [1.165, 1.54) is 0 Å². The van der Waals surface area contributed by atoms with Crippen LogP contribution in [-0.4, -0.2) is 33.0 Å². The molecule has 1 aliphatic heterocycles. The van der Waals surface area contributed by atoms with Crippen molar-refractivity contribution < 1.29 is 4.79 Å². The zero-order chi connectivity index (χ0) is 18.6. The lowest BCUT2D eigenvalue weighted by atomic mass is 9.92. The van der Waals surface area contributed by atoms with Crippen LogP contribution in [0.1, 0.15) is 30.8 Å². The molecule has 2 atom stereocenters. The van der Waals surface area contributed by atoms with E-state index in [-0.39, 0.29) is 11.5 Å². The van der Waals surface area contributed by atoms with Crippen LogP contribution in [-0.2, 0) is 14.1 Å². The first-order valence-electron chi connectivity index (χ1n) is 9.25. The summed E-state index contributed by atoms with van der Waals surface area (Å²) < 4.78 is 3.56. The van der Waals surface area contributed by atoms with Gasteiger partial charge in [0.15, 0.2) is 0 Å². The van der Waals surface area contributed by atoms with Crippen molar-refractivity contribution in [3.05, 3.63) is 46.4 Å². The molecule has 2 aromatic heterocycles. The van der Waals surface area contributed by atoms with Crippen molar-refractivity contribution >= 4 is 27.7 Å². The molecule has 4 rings (SSSR count). The van der Waals surface area contributed by atoms with Gasteiger partial charge in [0.2, 0.25) is 0 Å². The normalized spacial score (nSPS) is 20.8. The SMILES string of the molecule is C[C@@H]1C[C@@H](C)CN(C(=O)c2cc3c(=O)n(C)c4ccccc4c3n2C)C1. The van der Waals surface area contributed by atoms with Crippen molar-refractivity contribution in [3.63, 3.8) is 0 Å². The summed E-state index contributed by atoms with van der Waals surface area (Å²) in [5.41, 5.74) is 2.25. The summed E-state index contributed by atoms with van der Waals surface area (Å²) in [6.45, 7) is 5.95. The van der Waals surface area contributed by atoms with E-state index in [4.69, 9.17) is 0 Å². The van der Waals surface area contributed by atoms with Gasteiger partial charge < -0.3 is 14.0 Å². The molecule has 1 aliphatic rings. The van der Waals surface area contributed by atoms with Crippen molar-refractivity contribution in [2.75, 3.05) is 13.1 Å². The number of carbonyl (C=O) groups excluding carboxylic acids is 1. The van der Waals surface area contributed by atoms with Gasteiger partial charge in [-0.05, 0) is 30.4 Å². The summed E-state index contributed by atoms with van der Waals surface area (Å²) in [5, 5.41) is 1.60. The summed E-state index contributed by atoms with van der Waals surface area (Å²) in [6, 6.07) is 9.62. The molecule has 0 unspecified atom stereocenters. The van der Waals surface area contributed by atoms with Gasteiger partial charge in [-0.2, -0.15) is 0 Å². The van der Waals surface area contributed by atoms with E-state index in [0.717, 1.165) is 35.9 Å². The molecule has 0 radical (unpaired) electrons. The highest BCUT2D eigenvalue weighted by atomic mass is 16.2. The van der Waals surface area contributed by atoms with Crippen molar-refractivity contribution in [1.82, 2.24) is 14.0 Å². The molecular weight excluding hydrogens is 326 g/mol. The van der Waals surface area contributed by atoms with Crippen LogP contribution in [0.2, 0.25) is 0 Å². The third-order valence-electron chi connectivity index (χ3n) is 5.66. The topological polar surface area (TPSA) is 47.2 Å². The number of hydrogen-bond acceptors (Lipinski definition) is 2. The van der Waals surface area contributed by atoms with E-state index < -0.39 is 0 Å². The standard InChI is InChI=1S/C21H25N3O2/c1-13-9-14(2)12-24(11-13)21(26)18-10-16-19(22(18)3)15-7-5-6-8-17(15)23(4)20(16)25/h5-8,10,13-14H,9,11-12H2,1-4H3/t13-,14-/m1/s1. The lowest BCUT2D eigenvalue weighted by molar-refractivity contribution is 0.0614. The molecule has 0 spiro atoms. The highest BCUT2D eigenvalue weighted by Gasteiger charge is 2.28. The van der Waals surface area contributed by atoms with Crippen LogP contribution in [0.5, 0.6) is 0 Å². The number of aryl methyl sites for hydroxylation is 2. The fourth-order valence-electron chi connectivity index (χ4n) is 4.54. The van der Waals surface area contributed by atoms with Crippen LogP contribution in [0.15, 0.2) is 35.1 Å². The first kappa shape index (κ1) is 16.9. The molecule has 3 aromatic rings. The summed E-state index contributed by atoms with van der Waals surface area (Å²) in [5.74, 6) is 1.03. The smallest absolute Gasteiger partial charge is 0.270 e. The van der Waals surface area contributed by atoms with Gasteiger partial charge in [-0.3, -0.25) is 9.59 Å².